The van der Waals surface area contributed by atoms with Crippen molar-refractivity contribution in [3.8, 4) is 11.5 Å². The van der Waals surface area contributed by atoms with Crippen molar-refractivity contribution in [1.82, 2.24) is 4.90 Å². The lowest BCUT2D eigenvalue weighted by Gasteiger charge is -2.31. The van der Waals surface area contributed by atoms with Crippen LogP contribution in [0.15, 0.2) is 24.3 Å². The van der Waals surface area contributed by atoms with Crippen LogP contribution in [0, 0.1) is 0 Å². The van der Waals surface area contributed by atoms with Gasteiger partial charge in [-0.05, 0) is 25.0 Å². The monoisotopic (exact) mass is 261 g/mol. The predicted octanol–water partition coefficient (Wildman–Crippen LogP) is 2.23. The molecule has 0 N–H and O–H groups in total. The molecule has 1 fully saturated rings. The van der Waals surface area contributed by atoms with Crippen LogP contribution in [0.25, 0.3) is 0 Å². The molecule has 0 radical (unpaired) electrons. The Morgan fingerprint density at radius 1 is 1.21 bits per heavy atom. The first-order chi connectivity index (χ1) is 9.25. The molecular weight excluding hydrogens is 242 g/mol. The number of hydrogen-bond acceptors (Lipinski definition) is 3. The quantitative estimate of drug-likeness (QED) is 0.819. The van der Waals surface area contributed by atoms with Gasteiger partial charge in [0.1, 0.15) is 6.61 Å². The van der Waals surface area contributed by atoms with Gasteiger partial charge in [0.25, 0.3) is 5.91 Å². The van der Waals surface area contributed by atoms with E-state index in [1.165, 1.54) is 12.8 Å². The zero-order valence-electron chi connectivity index (χ0n) is 11.2. The maximum atomic E-state index is 12.4. The van der Waals surface area contributed by atoms with Crippen LogP contribution in [0.3, 0.4) is 0 Å². The van der Waals surface area contributed by atoms with Crippen LogP contribution in [0.1, 0.15) is 25.7 Å². The lowest BCUT2D eigenvalue weighted by molar-refractivity contribution is -0.141. The van der Waals surface area contributed by atoms with E-state index in [0.717, 1.165) is 18.6 Å². The van der Waals surface area contributed by atoms with Crippen molar-refractivity contribution in [3.05, 3.63) is 24.3 Å². The molecule has 1 aromatic carbocycles. The molecule has 0 aromatic heterocycles. The third kappa shape index (κ3) is 2.39. The maximum Gasteiger partial charge on any atom is 0.267 e. The van der Waals surface area contributed by atoms with Crippen LogP contribution in [0.4, 0.5) is 0 Å². The van der Waals surface area contributed by atoms with E-state index in [-0.39, 0.29) is 5.91 Å². The predicted molar refractivity (Wildman–Crippen MR) is 71.4 cm³/mol. The number of para-hydroxylation sites is 2. The number of nitrogens with zero attached hydrogens (tertiary/aromatic N) is 1. The van der Waals surface area contributed by atoms with Crippen LogP contribution in [0.5, 0.6) is 11.5 Å². The summed E-state index contributed by atoms with van der Waals surface area (Å²) in [6.45, 7) is 0.299. The standard InChI is InChI=1S/C15H19NO3/c1-16(11-6-2-3-7-11)15(17)14-10-18-12-8-4-5-9-13(12)19-14/h4-5,8-9,11,14H,2-3,6-7,10H2,1H3/t14-/m1/s1. The number of carbonyl (C=O) groups is 1. The number of likely N-dealkylation sites (N-methyl/N-ethyl adjacent to an activating group) is 1. The fourth-order valence-electron chi connectivity index (χ4n) is 2.84. The number of benzene rings is 1. The summed E-state index contributed by atoms with van der Waals surface area (Å²) >= 11 is 0. The lowest BCUT2D eigenvalue weighted by Crippen LogP contribution is -2.47. The number of rotatable bonds is 2. The van der Waals surface area contributed by atoms with Gasteiger partial charge in [-0.2, -0.15) is 0 Å². The minimum atomic E-state index is -0.513. The molecule has 0 saturated heterocycles. The molecule has 1 aromatic rings. The maximum absolute atomic E-state index is 12.4. The van der Waals surface area contributed by atoms with Crippen molar-refractivity contribution in [3.63, 3.8) is 0 Å². The Morgan fingerprint density at radius 2 is 1.89 bits per heavy atom. The van der Waals surface area contributed by atoms with Crippen LogP contribution < -0.4 is 9.47 Å². The van der Waals surface area contributed by atoms with Gasteiger partial charge in [0.2, 0.25) is 6.10 Å². The van der Waals surface area contributed by atoms with Gasteiger partial charge in [-0.25, -0.2) is 0 Å². The molecule has 4 heteroatoms. The smallest absolute Gasteiger partial charge is 0.267 e. The first kappa shape index (κ1) is 12.3. The van der Waals surface area contributed by atoms with Gasteiger partial charge in [0.05, 0.1) is 0 Å². The molecule has 1 aliphatic carbocycles. The molecular formula is C15H19NO3. The molecule has 3 rings (SSSR count). The highest BCUT2D eigenvalue weighted by Gasteiger charge is 2.33. The molecule has 1 amide bonds. The Balaban J connectivity index is 1.68. The Kier molecular flexibility index (Phi) is 3.32. The first-order valence-electron chi connectivity index (χ1n) is 6.91. The van der Waals surface area contributed by atoms with E-state index in [2.05, 4.69) is 0 Å². The topological polar surface area (TPSA) is 38.8 Å². The third-order valence-corrected chi connectivity index (χ3v) is 4.00. The number of carbonyl (C=O) groups excluding carboxylic acids is 1. The summed E-state index contributed by atoms with van der Waals surface area (Å²) < 4.78 is 11.4. The normalized spacial score (nSPS) is 22.3. The molecule has 1 heterocycles. The van der Waals surface area contributed by atoms with Crippen molar-refractivity contribution in [1.29, 1.82) is 0 Å². The van der Waals surface area contributed by atoms with Crippen molar-refractivity contribution in [2.24, 2.45) is 0 Å². The molecule has 1 atom stereocenters. The van der Waals surface area contributed by atoms with E-state index in [1.54, 1.807) is 0 Å². The van der Waals surface area contributed by atoms with Crippen molar-refractivity contribution in [2.75, 3.05) is 13.7 Å². The zero-order chi connectivity index (χ0) is 13.2. The molecule has 4 nitrogen and oxygen atoms in total. The average Bonchev–Trinajstić information content (AvgIpc) is 2.99. The van der Waals surface area contributed by atoms with Crippen LogP contribution >= 0.6 is 0 Å². The molecule has 2 aliphatic rings. The Labute approximate surface area is 113 Å². The highest BCUT2D eigenvalue weighted by molar-refractivity contribution is 5.82. The third-order valence-electron chi connectivity index (χ3n) is 4.00. The Bertz CT molecular complexity index is 468. The molecule has 0 bridgehead atoms. The number of ether oxygens (including phenoxy) is 2. The van der Waals surface area contributed by atoms with E-state index in [1.807, 2.05) is 36.2 Å². The first-order valence-corrected chi connectivity index (χ1v) is 6.91. The average molecular weight is 261 g/mol. The summed E-state index contributed by atoms with van der Waals surface area (Å²) in [5, 5.41) is 0. The van der Waals surface area contributed by atoms with Gasteiger partial charge in [-0.3, -0.25) is 4.79 Å². The van der Waals surface area contributed by atoms with Crippen LogP contribution in [0.2, 0.25) is 0 Å². The molecule has 19 heavy (non-hydrogen) atoms. The fraction of sp³-hybridized carbons (Fsp3) is 0.533. The van der Waals surface area contributed by atoms with Crippen molar-refractivity contribution < 1.29 is 14.3 Å². The summed E-state index contributed by atoms with van der Waals surface area (Å²) in [4.78, 5) is 14.3. The Hall–Kier alpha value is -1.71. The van der Waals surface area contributed by atoms with Gasteiger partial charge < -0.3 is 14.4 Å². The van der Waals surface area contributed by atoms with Crippen molar-refractivity contribution in [2.45, 2.75) is 37.8 Å². The van der Waals surface area contributed by atoms with E-state index in [4.69, 9.17) is 9.47 Å². The zero-order valence-corrected chi connectivity index (χ0v) is 11.2. The summed E-state index contributed by atoms with van der Waals surface area (Å²) in [7, 11) is 1.88. The fourth-order valence-corrected chi connectivity index (χ4v) is 2.84. The largest absolute Gasteiger partial charge is 0.485 e. The molecule has 0 unspecified atom stereocenters. The minimum absolute atomic E-state index is 0.0291. The second kappa shape index (κ2) is 5.11. The molecule has 1 saturated carbocycles. The summed E-state index contributed by atoms with van der Waals surface area (Å²) in [6.07, 6.45) is 4.12. The van der Waals surface area contributed by atoms with E-state index in [0.29, 0.717) is 18.4 Å². The van der Waals surface area contributed by atoms with E-state index < -0.39 is 6.10 Å². The van der Waals surface area contributed by atoms with Gasteiger partial charge in [0, 0.05) is 13.1 Å². The van der Waals surface area contributed by atoms with Gasteiger partial charge >= 0.3 is 0 Å². The summed E-state index contributed by atoms with van der Waals surface area (Å²) in [5.74, 6) is 1.41. The summed E-state index contributed by atoms with van der Waals surface area (Å²) in [5.41, 5.74) is 0. The highest BCUT2D eigenvalue weighted by atomic mass is 16.6. The van der Waals surface area contributed by atoms with E-state index >= 15 is 0 Å². The highest BCUT2D eigenvalue weighted by Crippen LogP contribution is 2.32. The molecule has 1 aliphatic heterocycles. The van der Waals surface area contributed by atoms with Crippen LogP contribution in [-0.4, -0.2) is 36.6 Å². The molecule has 102 valence electrons. The molecule has 0 spiro atoms. The summed E-state index contributed by atoms with van der Waals surface area (Å²) in [6, 6.07) is 7.85. The number of hydrogen-bond donors (Lipinski definition) is 0. The van der Waals surface area contributed by atoms with Gasteiger partial charge in [-0.1, -0.05) is 25.0 Å². The second-order valence-corrected chi connectivity index (χ2v) is 5.25. The SMILES string of the molecule is CN(C(=O)[C@H]1COc2ccccc2O1)C1CCCC1. The number of amides is 1. The second-order valence-electron chi connectivity index (χ2n) is 5.25. The Morgan fingerprint density at radius 3 is 2.63 bits per heavy atom. The van der Waals surface area contributed by atoms with Gasteiger partial charge in [-0.15, -0.1) is 0 Å². The number of fused-ring (bicyclic) bond motifs is 1. The van der Waals surface area contributed by atoms with E-state index in [9.17, 15) is 4.79 Å². The van der Waals surface area contributed by atoms with Gasteiger partial charge in [0.15, 0.2) is 11.5 Å². The van der Waals surface area contributed by atoms with Crippen LogP contribution in [-0.2, 0) is 4.79 Å². The minimum Gasteiger partial charge on any atom is -0.485 e. The lowest BCUT2D eigenvalue weighted by atomic mass is 10.2. The van der Waals surface area contributed by atoms with Crippen molar-refractivity contribution >= 4 is 5.91 Å².